The SMILES string of the molecule is Cc1cc(N(CC(=O)O)C(=O)OC(C)(C)C)cc2c1C(=O)O[C@@H](C)[C@H](C)/C=C\[C@@H](C)[C@H]1OC(C)(C)O[C@H]1CC=C2. The number of rotatable bonds is 3. The molecule has 0 aromatic heterocycles. The third kappa shape index (κ3) is 7.95. The third-order valence-electron chi connectivity index (χ3n) is 6.93. The maximum atomic E-state index is 13.4. The normalized spacial score (nSPS) is 27.5. The number of fused-ring (bicyclic) bond motifs is 2. The fourth-order valence-corrected chi connectivity index (χ4v) is 4.85. The van der Waals surface area contributed by atoms with Crippen molar-refractivity contribution in [2.45, 2.75) is 98.4 Å². The van der Waals surface area contributed by atoms with Gasteiger partial charge in [-0.2, -0.15) is 0 Å². The van der Waals surface area contributed by atoms with Gasteiger partial charge in [-0.15, -0.1) is 0 Å². The Bertz CT molecular complexity index is 1180. The summed E-state index contributed by atoms with van der Waals surface area (Å²) >= 11 is 0. The fraction of sp³-hybridized carbons (Fsp3) is 0.581. The first-order chi connectivity index (χ1) is 18.5. The minimum atomic E-state index is -1.20. The lowest BCUT2D eigenvalue weighted by Gasteiger charge is -2.27. The number of anilines is 1. The first-order valence-corrected chi connectivity index (χ1v) is 13.8. The van der Waals surface area contributed by atoms with Crippen LogP contribution in [0.4, 0.5) is 10.5 Å². The molecule has 2 aliphatic heterocycles. The molecular formula is C31H43NO8. The molecule has 220 valence electrons. The minimum Gasteiger partial charge on any atom is -0.480 e. The number of carboxylic acids is 1. The number of carbonyl (C=O) groups excluding carboxylic acids is 2. The predicted molar refractivity (Wildman–Crippen MR) is 152 cm³/mol. The van der Waals surface area contributed by atoms with Gasteiger partial charge in [0.2, 0.25) is 0 Å². The van der Waals surface area contributed by atoms with Crippen molar-refractivity contribution >= 4 is 29.8 Å². The van der Waals surface area contributed by atoms with Crippen LogP contribution < -0.4 is 4.90 Å². The molecule has 2 heterocycles. The Morgan fingerprint density at radius 3 is 2.38 bits per heavy atom. The van der Waals surface area contributed by atoms with E-state index < -0.39 is 42.1 Å². The van der Waals surface area contributed by atoms with Gasteiger partial charge in [0.15, 0.2) is 5.79 Å². The molecule has 9 nitrogen and oxygen atoms in total. The zero-order valence-electron chi connectivity index (χ0n) is 25.0. The summed E-state index contributed by atoms with van der Waals surface area (Å²) in [6.45, 7) is 15.9. The number of nitrogens with zero attached hydrogens (tertiary/aromatic N) is 1. The maximum Gasteiger partial charge on any atom is 0.415 e. The molecule has 1 aromatic rings. The van der Waals surface area contributed by atoms with Crippen molar-refractivity contribution in [3.05, 3.63) is 47.1 Å². The Hall–Kier alpha value is -3.17. The molecular weight excluding hydrogens is 514 g/mol. The smallest absolute Gasteiger partial charge is 0.415 e. The molecule has 1 fully saturated rings. The Balaban J connectivity index is 2.10. The van der Waals surface area contributed by atoms with Crippen molar-refractivity contribution in [3.8, 4) is 0 Å². The van der Waals surface area contributed by atoms with Crippen LogP contribution in [0.1, 0.15) is 83.3 Å². The Morgan fingerprint density at radius 2 is 1.75 bits per heavy atom. The molecule has 0 unspecified atom stereocenters. The molecule has 40 heavy (non-hydrogen) atoms. The summed E-state index contributed by atoms with van der Waals surface area (Å²) in [5.74, 6) is -2.42. The van der Waals surface area contributed by atoms with Crippen LogP contribution in [-0.4, -0.2) is 59.4 Å². The van der Waals surface area contributed by atoms with Crippen LogP contribution >= 0.6 is 0 Å². The van der Waals surface area contributed by atoms with E-state index in [0.29, 0.717) is 28.8 Å². The van der Waals surface area contributed by atoms with Crippen molar-refractivity contribution in [3.63, 3.8) is 0 Å². The summed E-state index contributed by atoms with van der Waals surface area (Å²) in [6.07, 6.45) is 6.74. The number of aliphatic carboxylic acids is 1. The molecule has 0 spiro atoms. The van der Waals surface area contributed by atoms with E-state index >= 15 is 0 Å². The zero-order valence-corrected chi connectivity index (χ0v) is 25.0. The van der Waals surface area contributed by atoms with E-state index in [2.05, 4.69) is 13.0 Å². The van der Waals surface area contributed by atoms with Crippen molar-refractivity contribution in [1.29, 1.82) is 0 Å². The summed E-state index contributed by atoms with van der Waals surface area (Å²) in [6, 6.07) is 3.22. The predicted octanol–water partition coefficient (Wildman–Crippen LogP) is 6.13. The second-order valence-corrected chi connectivity index (χ2v) is 12.2. The maximum absolute atomic E-state index is 13.4. The van der Waals surface area contributed by atoms with Gasteiger partial charge in [0.05, 0.1) is 17.8 Å². The highest BCUT2D eigenvalue weighted by Gasteiger charge is 2.42. The van der Waals surface area contributed by atoms with E-state index in [-0.39, 0.29) is 24.0 Å². The number of carboxylic acid groups (broad SMARTS) is 1. The molecule has 9 heteroatoms. The molecule has 5 atom stereocenters. The Morgan fingerprint density at radius 1 is 1.10 bits per heavy atom. The molecule has 1 saturated heterocycles. The minimum absolute atomic E-state index is 0.0556. The summed E-state index contributed by atoms with van der Waals surface area (Å²) in [7, 11) is 0. The Labute approximate surface area is 237 Å². The number of esters is 1. The van der Waals surface area contributed by atoms with Crippen LogP contribution in [0.25, 0.3) is 6.08 Å². The van der Waals surface area contributed by atoms with Crippen LogP contribution in [0.5, 0.6) is 0 Å². The molecule has 3 rings (SSSR count). The number of hydrogen-bond acceptors (Lipinski definition) is 7. The zero-order chi connectivity index (χ0) is 30.0. The first-order valence-electron chi connectivity index (χ1n) is 13.8. The second kappa shape index (κ2) is 12.1. The van der Waals surface area contributed by atoms with E-state index in [1.807, 2.05) is 39.8 Å². The van der Waals surface area contributed by atoms with Gasteiger partial charge >= 0.3 is 18.0 Å². The van der Waals surface area contributed by atoms with Gasteiger partial charge in [-0.3, -0.25) is 9.69 Å². The van der Waals surface area contributed by atoms with Crippen molar-refractivity contribution in [1.82, 2.24) is 0 Å². The molecule has 0 radical (unpaired) electrons. The van der Waals surface area contributed by atoms with Gasteiger partial charge in [-0.25, -0.2) is 9.59 Å². The lowest BCUT2D eigenvalue weighted by molar-refractivity contribution is -0.148. The van der Waals surface area contributed by atoms with Gasteiger partial charge in [0, 0.05) is 17.5 Å². The third-order valence-corrected chi connectivity index (χ3v) is 6.93. The topological polar surface area (TPSA) is 112 Å². The quantitative estimate of drug-likeness (QED) is 0.349. The summed E-state index contributed by atoms with van der Waals surface area (Å²) < 4.78 is 23.8. The Kier molecular flexibility index (Phi) is 9.52. The molecule has 1 N–H and O–H groups in total. The number of benzene rings is 1. The lowest BCUT2D eigenvalue weighted by atomic mass is 9.93. The molecule has 1 amide bonds. The average molecular weight is 558 g/mol. The molecule has 0 saturated carbocycles. The highest BCUT2D eigenvalue weighted by Crippen LogP contribution is 2.35. The average Bonchev–Trinajstić information content (AvgIpc) is 3.12. The van der Waals surface area contributed by atoms with Crippen LogP contribution in [0, 0.1) is 18.8 Å². The van der Waals surface area contributed by atoms with E-state index in [1.54, 1.807) is 45.9 Å². The van der Waals surface area contributed by atoms with Crippen LogP contribution in [-0.2, 0) is 23.7 Å². The van der Waals surface area contributed by atoms with Gasteiger partial charge in [0.1, 0.15) is 18.2 Å². The molecule has 0 bridgehead atoms. The second-order valence-electron chi connectivity index (χ2n) is 12.2. The van der Waals surface area contributed by atoms with Crippen LogP contribution in [0.3, 0.4) is 0 Å². The number of aryl methyl sites for hydroxylation is 1. The molecule has 0 aliphatic carbocycles. The monoisotopic (exact) mass is 557 g/mol. The van der Waals surface area contributed by atoms with Gasteiger partial charge in [-0.1, -0.05) is 38.2 Å². The lowest BCUT2D eigenvalue weighted by Crippen LogP contribution is -2.40. The number of amides is 1. The van der Waals surface area contributed by atoms with Crippen LogP contribution in [0.2, 0.25) is 0 Å². The highest BCUT2D eigenvalue weighted by atomic mass is 16.8. The highest BCUT2D eigenvalue weighted by molar-refractivity contribution is 5.99. The number of cyclic esters (lactones) is 1. The summed E-state index contributed by atoms with van der Waals surface area (Å²) in [5, 5.41) is 9.54. The van der Waals surface area contributed by atoms with Gasteiger partial charge < -0.3 is 24.1 Å². The van der Waals surface area contributed by atoms with E-state index in [4.69, 9.17) is 18.9 Å². The first kappa shape index (κ1) is 31.4. The summed E-state index contributed by atoms with van der Waals surface area (Å²) in [4.78, 5) is 39.2. The molecule has 2 aliphatic rings. The van der Waals surface area contributed by atoms with Crippen LogP contribution in [0.15, 0.2) is 30.4 Å². The molecule has 1 aromatic carbocycles. The number of ether oxygens (including phenoxy) is 4. The van der Waals surface area contributed by atoms with Gasteiger partial charge in [-0.05, 0) is 78.1 Å². The summed E-state index contributed by atoms with van der Waals surface area (Å²) in [5.41, 5.74) is 0.843. The largest absolute Gasteiger partial charge is 0.480 e. The van der Waals surface area contributed by atoms with E-state index in [0.717, 1.165) is 4.90 Å². The van der Waals surface area contributed by atoms with E-state index in [1.165, 1.54) is 0 Å². The van der Waals surface area contributed by atoms with Crippen molar-refractivity contribution < 1.29 is 38.4 Å². The van der Waals surface area contributed by atoms with Crippen molar-refractivity contribution in [2.75, 3.05) is 11.4 Å². The van der Waals surface area contributed by atoms with E-state index in [9.17, 15) is 19.5 Å². The van der Waals surface area contributed by atoms with Gasteiger partial charge in [0.25, 0.3) is 0 Å². The van der Waals surface area contributed by atoms with Crippen molar-refractivity contribution in [2.24, 2.45) is 11.8 Å². The number of carbonyl (C=O) groups is 3. The fourth-order valence-electron chi connectivity index (χ4n) is 4.85. The standard InChI is InChI=1S/C31H43NO8/c1-18-13-14-19(2)27-24(38-31(8,9)39-27)12-10-11-22-16-23(15-20(3)26(22)28(35)37-21(18)4)32(17-25(33)34)29(36)40-30(5,6)7/h10-11,13-16,18-19,21,24,27H,12,17H2,1-9H3,(H,33,34)/b11-10?,14-13-/t18-,19-,21+,24+,27-/m1/s1. The number of hydrogen-bond donors (Lipinski definition) is 1.